The second-order valence-electron chi connectivity index (χ2n) is 3.00. The van der Waals surface area contributed by atoms with E-state index in [1.54, 1.807) is 12.1 Å². The van der Waals surface area contributed by atoms with Crippen molar-refractivity contribution in [2.75, 3.05) is 0 Å². The second kappa shape index (κ2) is 4.01. The number of aryl methyl sites for hydroxylation is 1. The molecule has 0 aliphatic rings. The Bertz CT molecular complexity index is 336. The van der Waals surface area contributed by atoms with Gasteiger partial charge < -0.3 is 0 Å². The molecule has 0 saturated heterocycles. The zero-order chi connectivity index (χ0) is 10.0. The first-order valence-corrected chi connectivity index (χ1v) is 4.84. The Hall–Kier alpha value is -0.700. The summed E-state index contributed by atoms with van der Waals surface area (Å²) in [7, 11) is 0. The van der Waals surface area contributed by atoms with Gasteiger partial charge in [0.1, 0.15) is 16.4 Å². The van der Waals surface area contributed by atoms with Gasteiger partial charge in [0.2, 0.25) is 0 Å². The second-order valence-corrected chi connectivity index (χ2v) is 3.91. The topological polar surface area (TPSA) is 17.1 Å². The maximum atomic E-state index is 13.2. The molecular weight excluding hydrogens is 235 g/mol. The van der Waals surface area contributed by atoms with Crippen molar-refractivity contribution in [3.05, 3.63) is 35.1 Å². The standard InChI is InChI=1S/C10H10BrFO/c1-6-3-4-9(12)8(5-6)10(11)7(2)13/h3-5,10H,1-2H3. The Kier molecular flexibility index (Phi) is 3.20. The molecule has 1 unspecified atom stereocenters. The van der Waals surface area contributed by atoms with Crippen molar-refractivity contribution in [3.8, 4) is 0 Å². The summed E-state index contributed by atoms with van der Waals surface area (Å²) in [5, 5.41) is 0. The van der Waals surface area contributed by atoms with Crippen LogP contribution >= 0.6 is 15.9 Å². The number of hydrogen-bond donors (Lipinski definition) is 0. The lowest BCUT2D eigenvalue weighted by Gasteiger charge is -2.08. The van der Waals surface area contributed by atoms with Gasteiger partial charge in [0.05, 0.1) is 0 Å². The van der Waals surface area contributed by atoms with Crippen molar-refractivity contribution in [1.29, 1.82) is 0 Å². The van der Waals surface area contributed by atoms with Gasteiger partial charge in [0.15, 0.2) is 0 Å². The summed E-state index contributed by atoms with van der Waals surface area (Å²) in [6.45, 7) is 3.30. The minimum absolute atomic E-state index is 0.0931. The van der Waals surface area contributed by atoms with Crippen LogP contribution in [0.4, 0.5) is 4.39 Å². The van der Waals surface area contributed by atoms with E-state index >= 15 is 0 Å². The first-order chi connectivity index (χ1) is 6.02. The SMILES string of the molecule is CC(=O)C(Br)c1cc(C)ccc1F. The molecule has 0 radical (unpaired) electrons. The number of carbonyl (C=O) groups is 1. The molecule has 1 nitrogen and oxygen atoms in total. The molecule has 70 valence electrons. The van der Waals surface area contributed by atoms with Gasteiger partial charge in [-0.15, -0.1) is 0 Å². The van der Waals surface area contributed by atoms with Crippen molar-refractivity contribution in [2.45, 2.75) is 18.7 Å². The number of Topliss-reactive ketones (excluding diaryl/α,β-unsaturated/α-hetero) is 1. The van der Waals surface area contributed by atoms with Crippen molar-refractivity contribution >= 4 is 21.7 Å². The van der Waals surface area contributed by atoms with Crippen LogP contribution in [0.1, 0.15) is 22.9 Å². The van der Waals surface area contributed by atoms with E-state index in [1.807, 2.05) is 6.92 Å². The van der Waals surface area contributed by atoms with Crippen molar-refractivity contribution in [3.63, 3.8) is 0 Å². The fourth-order valence-electron chi connectivity index (χ4n) is 1.08. The number of alkyl halides is 1. The van der Waals surface area contributed by atoms with Crippen LogP contribution in [0.15, 0.2) is 18.2 Å². The lowest BCUT2D eigenvalue weighted by atomic mass is 10.1. The van der Waals surface area contributed by atoms with Crippen LogP contribution in [-0.4, -0.2) is 5.78 Å². The van der Waals surface area contributed by atoms with Crippen LogP contribution in [0.2, 0.25) is 0 Å². The van der Waals surface area contributed by atoms with E-state index in [0.717, 1.165) is 5.56 Å². The monoisotopic (exact) mass is 244 g/mol. The molecule has 0 spiro atoms. The van der Waals surface area contributed by atoms with Gasteiger partial charge in [-0.25, -0.2) is 4.39 Å². The zero-order valence-corrected chi connectivity index (χ0v) is 9.06. The minimum Gasteiger partial charge on any atom is -0.298 e. The molecule has 0 fully saturated rings. The number of halogens is 2. The summed E-state index contributed by atoms with van der Waals surface area (Å²) in [5.41, 5.74) is 1.36. The van der Waals surface area contributed by atoms with E-state index in [9.17, 15) is 9.18 Å². The number of rotatable bonds is 2. The fraction of sp³-hybridized carbons (Fsp3) is 0.300. The highest BCUT2D eigenvalue weighted by Crippen LogP contribution is 2.26. The summed E-state index contributed by atoms with van der Waals surface area (Å²) in [6, 6.07) is 4.73. The smallest absolute Gasteiger partial charge is 0.147 e. The molecule has 0 bridgehead atoms. The molecule has 13 heavy (non-hydrogen) atoms. The van der Waals surface area contributed by atoms with E-state index in [0.29, 0.717) is 5.56 Å². The number of carbonyl (C=O) groups excluding carboxylic acids is 1. The third kappa shape index (κ3) is 2.37. The predicted molar refractivity (Wildman–Crippen MR) is 53.5 cm³/mol. The molecule has 3 heteroatoms. The summed E-state index contributed by atoms with van der Waals surface area (Å²) in [6.07, 6.45) is 0. The normalized spacial score (nSPS) is 12.6. The third-order valence-corrected chi connectivity index (χ3v) is 2.92. The average Bonchev–Trinajstić information content (AvgIpc) is 2.08. The molecule has 0 heterocycles. The predicted octanol–water partition coefficient (Wildman–Crippen LogP) is 3.16. The fourth-order valence-corrected chi connectivity index (χ4v) is 1.43. The van der Waals surface area contributed by atoms with Gasteiger partial charge in [0, 0.05) is 5.56 Å². The molecule has 1 aromatic carbocycles. The number of hydrogen-bond acceptors (Lipinski definition) is 1. The lowest BCUT2D eigenvalue weighted by molar-refractivity contribution is -0.116. The van der Waals surface area contributed by atoms with E-state index in [2.05, 4.69) is 15.9 Å². The van der Waals surface area contributed by atoms with Crippen LogP contribution < -0.4 is 0 Å². The highest BCUT2D eigenvalue weighted by atomic mass is 79.9. The summed E-state index contributed by atoms with van der Waals surface area (Å²) >= 11 is 3.15. The Labute approximate surface area is 85.1 Å². The zero-order valence-electron chi connectivity index (χ0n) is 7.47. The van der Waals surface area contributed by atoms with Gasteiger partial charge in [0.25, 0.3) is 0 Å². The van der Waals surface area contributed by atoms with Crippen LogP contribution in [-0.2, 0) is 4.79 Å². The highest BCUT2D eigenvalue weighted by molar-refractivity contribution is 9.09. The van der Waals surface area contributed by atoms with Crippen molar-refractivity contribution in [1.82, 2.24) is 0 Å². The first kappa shape index (κ1) is 10.4. The van der Waals surface area contributed by atoms with E-state index in [4.69, 9.17) is 0 Å². The quantitative estimate of drug-likeness (QED) is 0.731. The van der Waals surface area contributed by atoms with Crippen LogP contribution in [0.5, 0.6) is 0 Å². The largest absolute Gasteiger partial charge is 0.298 e. The molecule has 0 saturated carbocycles. The van der Waals surface area contributed by atoms with E-state index in [-0.39, 0.29) is 11.6 Å². The molecule has 0 N–H and O–H groups in total. The molecule has 1 rings (SSSR count). The molecule has 0 aliphatic carbocycles. The van der Waals surface area contributed by atoms with Crippen molar-refractivity contribution in [2.24, 2.45) is 0 Å². The van der Waals surface area contributed by atoms with E-state index in [1.165, 1.54) is 13.0 Å². The summed E-state index contributed by atoms with van der Waals surface area (Å²) in [4.78, 5) is 10.5. The number of benzene rings is 1. The van der Waals surface area contributed by atoms with Gasteiger partial charge in [-0.1, -0.05) is 33.6 Å². The van der Waals surface area contributed by atoms with Crippen LogP contribution in [0.25, 0.3) is 0 Å². The maximum absolute atomic E-state index is 13.2. The summed E-state index contributed by atoms with van der Waals surface area (Å²) in [5.74, 6) is -0.438. The summed E-state index contributed by atoms with van der Waals surface area (Å²) < 4.78 is 13.2. The Morgan fingerprint density at radius 1 is 1.54 bits per heavy atom. The van der Waals surface area contributed by atoms with Gasteiger partial charge >= 0.3 is 0 Å². The molecular formula is C10H10BrFO. The Morgan fingerprint density at radius 2 is 2.15 bits per heavy atom. The van der Waals surface area contributed by atoms with Crippen LogP contribution in [0, 0.1) is 12.7 Å². The van der Waals surface area contributed by atoms with E-state index < -0.39 is 4.83 Å². The van der Waals surface area contributed by atoms with Crippen molar-refractivity contribution < 1.29 is 9.18 Å². The van der Waals surface area contributed by atoms with Gasteiger partial charge in [-0.3, -0.25) is 4.79 Å². The molecule has 0 amide bonds. The Balaban J connectivity index is 3.12. The van der Waals surface area contributed by atoms with Crippen LogP contribution in [0.3, 0.4) is 0 Å². The Morgan fingerprint density at radius 3 is 2.69 bits per heavy atom. The average molecular weight is 245 g/mol. The van der Waals surface area contributed by atoms with Gasteiger partial charge in [-0.05, 0) is 19.9 Å². The molecule has 0 aliphatic heterocycles. The maximum Gasteiger partial charge on any atom is 0.147 e. The molecule has 0 aromatic heterocycles. The molecule has 1 atom stereocenters. The minimum atomic E-state index is -0.535. The lowest BCUT2D eigenvalue weighted by Crippen LogP contribution is -2.03. The molecule has 1 aromatic rings. The first-order valence-electron chi connectivity index (χ1n) is 3.93. The third-order valence-electron chi connectivity index (χ3n) is 1.78. The number of ketones is 1. The van der Waals surface area contributed by atoms with Gasteiger partial charge in [-0.2, -0.15) is 0 Å². The highest BCUT2D eigenvalue weighted by Gasteiger charge is 2.16.